The Bertz CT molecular complexity index is 1110. The number of aliphatic hydroxyl groups excluding tert-OH is 1. The van der Waals surface area contributed by atoms with E-state index in [0.29, 0.717) is 0 Å². The Morgan fingerprint density at radius 3 is 2.45 bits per heavy atom. The molecule has 3 rings (SSSR count). The minimum atomic E-state index is -5.64. The predicted molar refractivity (Wildman–Crippen MR) is 98.6 cm³/mol. The molecule has 1 fully saturated rings. The number of phosphoric ester groups is 1. The number of rotatable bonds is 8. The summed E-state index contributed by atoms with van der Waals surface area (Å²) < 4.78 is 52.7. The molecule has 0 radical (unpaired) electrons. The van der Waals surface area contributed by atoms with Gasteiger partial charge in [0.05, 0.1) is 19.0 Å². The lowest BCUT2D eigenvalue weighted by Crippen LogP contribution is -2.26. The molecule has 1 aliphatic heterocycles. The first kappa shape index (κ1) is 24.3. The number of aliphatic hydroxyl groups is 1. The fraction of sp³-hybridized carbons (Fsp3) is 0.545. The summed E-state index contributed by atoms with van der Waals surface area (Å²) in [5.74, 6) is -0.567. The highest BCUT2D eigenvalue weighted by Crippen LogP contribution is 2.66. The lowest BCUT2D eigenvalue weighted by atomic mass is 10.0. The molecule has 0 aromatic carbocycles. The molecule has 1 aliphatic rings. The number of ether oxygens (including phenoxy) is 1. The largest absolute Gasteiger partial charge is 0.490 e. The van der Waals surface area contributed by atoms with Crippen LogP contribution in [0.5, 0.6) is 0 Å². The molecule has 0 bridgehead atoms. The summed E-state index contributed by atoms with van der Waals surface area (Å²) in [5, 5.41) is 10.5. The van der Waals surface area contributed by atoms with Crippen molar-refractivity contribution >= 4 is 40.4 Å². The van der Waals surface area contributed by atoms with Crippen LogP contribution in [0, 0.1) is 5.92 Å². The molecule has 3 heterocycles. The minimum Gasteiger partial charge on any atom is -0.388 e. The van der Waals surface area contributed by atoms with E-state index in [2.05, 4.69) is 28.1 Å². The van der Waals surface area contributed by atoms with Crippen LogP contribution in [0.2, 0.25) is 0 Å². The standard InChI is InChI=1S/C11H18N5O12P3/c1-5-6(2-25-30(21,22)28-31(23,24)27-29(18,19)20)26-11(8(5)17)16-4-15-7-9(12)13-3-14-10(7)16/h3-6,8,11,17H,2H2,1H3,(H,21,22)(H,23,24)(H2,12,13,14)(H2,18,19,20). The molecule has 0 amide bonds. The summed E-state index contributed by atoms with van der Waals surface area (Å²) in [7, 11) is -16.5. The van der Waals surface area contributed by atoms with Gasteiger partial charge in [-0.05, 0) is 0 Å². The van der Waals surface area contributed by atoms with Crippen LogP contribution in [0.15, 0.2) is 12.7 Å². The lowest BCUT2D eigenvalue weighted by Gasteiger charge is -2.19. The van der Waals surface area contributed by atoms with E-state index in [0.717, 1.165) is 0 Å². The predicted octanol–water partition coefficient (Wildman–Crippen LogP) is -0.354. The van der Waals surface area contributed by atoms with E-state index in [1.54, 1.807) is 0 Å². The SMILES string of the molecule is CC1C(COP(=O)(O)OP(=O)(O)OP(=O)(O)O)OC(n2cnc3c(N)ncnc32)C1O. The van der Waals surface area contributed by atoms with Gasteiger partial charge in [-0.1, -0.05) is 6.92 Å². The van der Waals surface area contributed by atoms with Gasteiger partial charge < -0.3 is 35.2 Å². The Labute approximate surface area is 173 Å². The number of hydrogen-bond donors (Lipinski definition) is 6. The van der Waals surface area contributed by atoms with Gasteiger partial charge in [-0.25, -0.2) is 28.6 Å². The average molecular weight is 505 g/mol. The number of nitrogens with two attached hydrogens (primary N) is 1. The van der Waals surface area contributed by atoms with E-state index in [1.165, 1.54) is 24.1 Å². The molecule has 0 saturated carbocycles. The number of anilines is 1. The van der Waals surface area contributed by atoms with E-state index in [-0.39, 0.29) is 17.0 Å². The number of aromatic nitrogens is 4. The highest BCUT2D eigenvalue weighted by atomic mass is 31.3. The van der Waals surface area contributed by atoms with Crippen LogP contribution >= 0.6 is 23.5 Å². The molecular formula is C11H18N5O12P3. The molecule has 6 atom stereocenters. The molecule has 0 spiro atoms. The van der Waals surface area contributed by atoms with Gasteiger partial charge in [-0.2, -0.15) is 8.62 Å². The van der Waals surface area contributed by atoms with Crippen LogP contribution in [0.3, 0.4) is 0 Å². The lowest BCUT2D eigenvalue weighted by molar-refractivity contribution is -0.0485. The Morgan fingerprint density at radius 1 is 1.13 bits per heavy atom. The van der Waals surface area contributed by atoms with Crippen molar-refractivity contribution in [1.82, 2.24) is 19.5 Å². The highest BCUT2D eigenvalue weighted by Gasteiger charge is 2.45. The van der Waals surface area contributed by atoms with Gasteiger partial charge in [-0.3, -0.25) is 9.09 Å². The summed E-state index contributed by atoms with van der Waals surface area (Å²) in [4.78, 5) is 47.6. The first-order chi connectivity index (χ1) is 14.2. The third-order valence-electron chi connectivity index (χ3n) is 4.21. The fourth-order valence-electron chi connectivity index (χ4n) is 2.81. The minimum absolute atomic E-state index is 0.105. The van der Waals surface area contributed by atoms with Crippen LogP contribution in [-0.4, -0.2) is 63.0 Å². The van der Waals surface area contributed by atoms with Gasteiger partial charge >= 0.3 is 23.5 Å². The summed E-state index contributed by atoms with van der Waals surface area (Å²) >= 11 is 0. The Hall–Kier alpha value is -1.32. The van der Waals surface area contributed by atoms with Gasteiger partial charge in [-0.15, -0.1) is 0 Å². The van der Waals surface area contributed by atoms with E-state index in [1.807, 2.05) is 0 Å². The molecule has 20 heteroatoms. The van der Waals surface area contributed by atoms with Gasteiger partial charge in [0.25, 0.3) is 0 Å². The summed E-state index contributed by atoms with van der Waals surface area (Å²) in [6, 6.07) is 0. The molecular weight excluding hydrogens is 487 g/mol. The Morgan fingerprint density at radius 2 is 1.81 bits per heavy atom. The zero-order valence-corrected chi connectivity index (χ0v) is 18.2. The molecule has 0 aliphatic carbocycles. The van der Waals surface area contributed by atoms with Crippen molar-refractivity contribution in [2.45, 2.75) is 25.4 Å². The zero-order chi connectivity index (χ0) is 23.2. The van der Waals surface area contributed by atoms with Crippen LogP contribution in [0.4, 0.5) is 5.82 Å². The molecule has 17 nitrogen and oxygen atoms in total. The smallest absolute Gasteiger partial charge is 0.388 e. The summed E-state index contributed by atoms with van der Waals surface area (Å²) in [6.45, 7) is 0.834. The first-order valence-electron chi connectivity index (χ1n) is 8.24. The normalized spacial score (nSPS) is 28.5. The maximum atomic E-state index is 11.9. The zero-order valence-electron chi connectivity index (χ0n) is 15.5. The van der Waals surface area contributed by atoms with Crippen molar-refractivity contribution in [2.24, 2.45) is 5.92 Å². The first-order valence-corrected chi connectivity index (χ1v) is 12.8. The topological polar surface area (TPSA) is 259 Å². The second kappa shape index (κ2) is 8.56. The maximum Gasteiger partial charge on any atom is 0.490 e. The van der Waals surface area contributed by atoms with E-state index in [9.17, 15) is 23.7 Å². The molecule has 7 N–H and O–H groups in total. The van der Waals surface area contributed by atoms with Crippen LogP contribution in [0.1, 0.15) is 13.2 Å². The van der Waals surface area contributed by atoms with Crippen LogP contribution < -0.4 is 5.73 Å². The summed E-state index contributed by atoms with van der Waals surface area (Å²) in [6.07, 6.45) is -0.706. The Kier molecular flexibility index (Phi) is 6.71. The third kappa shape index (κ3) is 5.73. The van der Waals surface area contributed by atoms with Crippen molar-refractivity contribution in [3.63, 3.8) is 0 Å². The molecule has 1 saturated heterocycles. The number of nitrogen functional groups attached to an aromatic ring is 1. The number of hydrogen-bond acceptors (Lipinski definition) is 12. The van der Waals surface area contributed by atoms with Crippen molar-refractivity contribution in [3.8, 4) is 0 Å². The summed E-state index contributed by atoms with van der Waals surface area (Å²) in [5.41, 5.74) is 6.24. The van der Waals surface area contributed by atoms with E-state index < -0.39 is 54.4 Å². The Balaban J connectivity index is 1.69. The van der Waals surface area contributed by atoms with Crippen molar-refractivity contribution in [3.05, 3.63) is 12.7 Å². The van der Waals surface area contributed by atoms with Crippen molar-refractivity contribution < 1.29 is 56.3 Å². The average Bonchev–Trinajstić information content (AvgIpc) is 3.13. The molecule has 2 aromatic rings. The van der Waals surface area contributed by atoms with Gasteiger partial charge in [0, 0.05) is 5.92 Å². The third-order valence-corrected chi connectivity index (χ3v) is 8.01. The fourth-order valence-corrected chi connectivity index (χ4v) is 5.84. The van der Waals surface area contributed by atoms with Crippen molar-refractivity contribution in [1.29, 1.82) is 0 Å². The van der Waals surface area contributed by atoms with Crippen molar-refractivity contribution in [2.75, 3.05) is 12.3 Å². The number of phosphoric acid groups is 3. The van der Waals surface area contributed by atoms with Crippen LogP contribution in [-0.2, 0) is 31.6 Å². The quantitative estimate of drug-likeness (QED) is 0.250. The molecule has 6 unspecified atom stereocenters. The molecule has 2 aromatic heterocycles. The second-order valence-corrected chi connectivity index (χ2v) is 10.8. The van der Waals surface area contributed by atoms with Crippen LogP contribution in [0.25, 0.3) is 11.2 Å². The molecule has 174 valence electrons. The molecule has 31 heavy (non-hydrogen) atoms. The number of imidazole rings is 1. The number of nitrogens with zero attached hydrogens (tertiary/aromatic N) is 4. The van der Waals surface area contributed by atoms with Gasteiger partial charge in [0.1, 0.15) is 17.9 Å². The van der Waals surface area contributed by atoms with E-state index in [4.69, 9.17) is 25.2 Å². The maximum absolute atomic E-state index is 11.9. The number of fused-ring (bicyclic) bond motifs is 1. The monoisotopic (exact) mass is 505 g/mol. The highest BCUT2D eigenvalue weighted by molar-refractivity contribution is 7.66. The second-order valence-electron chi connectivity index (χ2n) is 6.38. The van der Waals surface area contributed by atoms with Gasteiger partial charge in [0.15, 0.2) is 17.7 Å². The van der Waals surface area contributed by atoms with Gasteiger partial charge in [0.2, 0.25) is 0 Å². The van der Waals surface area contributed by atoms with E-state index >= 15 is 0 Å².